The van der Waals surface area contributed by atoms with E-state index < -0.39 is 5.82 Å². The van der Waals surface area contributed by atoms with Crippen LogP contribution in [0.5, 0.6) is 5.75 Å². The molecular weight excluding hydrogens is 299 g/mol. The van der Waals surface area contributed by atoms with Gasteiger partial charge in [0.25, 0.3) is 5.91 Å². The fourth-order valence-electron chi connectivity index (χ4n) is 1.67. The molecule has 1 amide bonds. The molecule has 1 aromatic carbocycles. The molecule has 5 nitrogen and oxygen atoms in total. The highest BCUT2D eigenvalue weighted by molar-refractivity contribution is 6.32. The first-order chi connectivity index (χ1) is 9.95. The SMILES string of the molecule is Cc1cc(CN(C)C(=O)COc2ccc(F)cc2Cl)no1. The number of rotatable bonds is 5. The number of amides is 1. The maximum absolute atomic E-state index is 12.9. The van der Waals surface area contributed by atoms with Gasteiger partial charge < -0.3 is 14.2 Å². The van der Waals surface area contributed by atoms with E-state index >= 15 is 0 Å². The Morgan fingerprint density at radius 1 is 1.48 bits per heavy atom. The van der Waals surface area contributed by atoms with Crippen LogP contribution in [0.3, 0.4) is 0 Å². The second-order valence-corrected chi connectivity index (χ2v) is 4.95. The Kier molecular flexibility index (Phi) is 4.80. The molecule has 0 bridgehead atoms. The molecule has 0 fully saturated rings. The van der Waals surface area contributed by atoms with Gasteiger partial charge in [0, 0.05) is 13.1 Å². The number of ether oxygens (including phenoxy) is 1. The fraction of sp³-hybridized carbons (Fsp3) is 0.286. The molecule has 0 aliphatic rings. The summed E-state index contributed by atoms with van der Waals surface area (Å²) in [6, 6.07) is 5.48. The van der Waals surface area contributed by atoms with Crippen molar-refractivity contribution in [3.63, 3.8) is 0 Å². The second kappa shape index (κ2) is 6.58. The quantitative estimate of drug-likeness (QED) is 0.852. The number of halogens is 2. The van der Waals surface area contributed by atoms with Crippen molar-refractivity contribution in [2.75, 3.05) is 13.7 Å². The van der Waals surface area contributed by atoms with Gasteiger partial charge in [0.05, 0.1) is 11.6 Å². The van der Waals surface area contributed by atoms with E-state index in [0.29, 0.717) is 18.0 Å². The largest absolute Gasteiger partial charge is 0.482 e. The van der Waals surface area contributed by atoms with Crippen LogP contribution in [0.1, 0.15) is 11.5 Å². The van der Waals surface area contributed by atoms with Gasteiger partial charge in [-0.1, -0.05) is 16.8 Å². The molecule has 0 aliphatic carbocycles. The number of hydrogen-bond donors (Lipinski definition) is 0. The summed E-state index contributed by atoms with van der Waals surface area (Å²) in [6.07, 6.45) is 0. The van der Waals surface area contributed by atoms with E-state index in [0.717, 1.165) is 6.07 Å². The van der Waals surface area contributed by atoms with Gasteiger partial charge in [-0.2, -0.15) is 0 Å². The number of hydrogen-bond acceptors (Lipinski definition) is 4. The van der Waals surface area contributed by atoms with Crippen molar-refractivity contribution >= 4 is 17.5 Å². The van der Waals surface area contributed by atoms with E-state index in [1.807, 2.05) is 0 Å². The molecule has 0 radical (unpaired) electrons. The summed E-state index contributed by atoms with van der Waals surface area (Å²) in [5.41, 5.74) is 0.656. The van der Waals surface area contributed by atoms with Crippen LogP contribution in [0.25, 0.3) is 0 Å². The van der Waals surface area contributed by atoms with Crippen molar-refractivity contribution < 1.29 is 18.4 Å². The van der Waals surface area contributed by atoms with Gasteiger partial charge in [0.2, 0.25) is 0 Å². The minimum Gasteiger partial charge on any atom is -0.482 e. The van der Waals surface area contributed by atoms with Crippen molar-refractivity contribution in [3.05, 3.63) is 46.6 Å². The van der Waals surface area contributed by atoms with Crippen molar-refractivity contribution in [3.8, 4) is 5.75 Å². The zero-order valence-corrected chi connectivity index (χ0v) is 12.4. The highest BCUT2D eigenvalue weighted by atomic mass is 35.5. The summed E-state index contributed by atoms with van der Waals surface area (Å²) in [7, 11) is 1.63. The first-order valence-electron chi connectivity index (χ1n) is 6.19. The van der Waals surface area contributed by atoms with Crippen LogP contribution in [-0.2, 0) is 11.3 Å². The lowest BCUT2D eigenvalue weighted by molar-refractivity contribution is -0.132. The molecular formula is C14H14ClFN2O3. The third kappa shape index (κ3) is 4.19. The van der Waals surface area contributed by atoms with Crippen molar-refractivity contribution in [2.24, 2.45) is 0 Å². The van der Waals surface area contributed by atoms with Crippen molar-refractivity contribution in [2.45, 2.75) is 13.5 Å². The number of nitrogens with zero attached hydrogens (tertiary/aromatic N) is 2. The van der Waals surface area contributed by atoms with Gasteiger partial charge in [-0.3, -0.25) is 4.79 Å². The first kappa shape index (κ1) is 15.3. The fourth-order valence-corrected chi connectivity index (χ4v) is 1.89. The summed E-state index contributed by atoms with van der Waals surface area (Å²) in [6.45, 7) is 1.90. The van der Waals surface area contributed by atoms with Gasteiger partial charge in [-0.15, -0.1) is 0 Å². The van der Waals surface area contributed by atoms with E-state index in [4.69, 9.17) is 20.9 Å². The normalized spacial score (nSPS) is 10.5. The maximum atomic E-state index is 12.9. The smallest absolute Gasteiger partial charge is 0.260 e. The number of aromatic nitrogens is 1. The zero-order valence-electron chi connectivity index (χ0n) is 11.6. The molecule has 0 atom stereocenters. The molecule has 0 saturated carbocycles. The lowest BCUT2D eigenvalue weighted by Gasteiger charge is -2.16. The summed E-state index contributed by atoms with van der Waals surface area (Å²) >= 11 is 5.81. The highest BCUT2D eigenvalue weighted by Crippen LogP contribution is 2.24. The summed E-state index contributed by atoms with van der Waals surface area (Å²) in [5, 5.41) is 3.93. The standard InChI is InChI=1S/C14H14ClFN2O3/c1-9-5-11(17-21-9)7-18(2)14(19)8-20-13-4-3-10(16)6-12(13)15/h3-6H,7-8H2,1-2H3. The predicted octanol–water partition coefficient (Wildman–Crippen LogP) is 2.81. The van der Waals surface area contributed by atoms with E-state index in [-0.39, 0.29) is 23.3 Å². The maximum Gasteiger partial charge on any atom is 0.260 e. The van der Waals surface area contributed by atoms with Gasteiger partial charge in [0.1, 0.15) is 23.0 Å². The molecule has 112 valence electrons. The average molecular weight is 313 g/mol. The number of benzene rings is 1. The predicted molar refractivity (Wildman–Crippen MR) is 74.6 cm³/mol. The number of carbonyl (C=O) groups is 1. The van der Waals surface area contributed by atoms with Crippen LogP contribution in [0.15, 0.2) is 28.8 Å². The molecule has 1 heterocycles. The molecule has 7 heteroatoms. The van der Waals surface area contributed by atoms with E-state index in [2.05, 4.69) is 5.16 Å². The Balaban J connectivity index is 1.89. The average Bonchev–Trinajstić information content (AvgIpc) is 2.82. The molecule has 21 heavy (non-hydrogen) atoms. The Morgan fingerprint density at radius 3 is 2.86 bits per heavy atom. The molecule has 0 N–H and O–H groups in total. The molecule has 0 spiro atoms. The zero-order chi connectivity index (χ0) is 15.4. The monoisotopic (exact) mass is 312 g/mol. The molecule has 2 aromatic rings. The Bertz CT molecular complexity index is 645. The van der Waals surface area contributed by atoms with Crippen LogP contribution in [-0.4, -0.2) is 29.6 Å². The third-order valence-electron chi connectivity index (χ3n) is 2.75. The molecule has 1 aromatic heterocycles. The summed E-state index contributed by atoms with van der Waals surface area (Å²) in [5.74, 6) is 0.227. The number of aryl methyl sites for hydroxylation is 1. The first-order valence-corrected chi connectivity index (χ1v) is 6.57. The Hall–Kier alpha value is -2.08. The minimum absolute atomic E-state index is 0.123. The Labute approximate surface area is 126 Å². The van der Waals surface area contributed by atoms with Crippen LogP contribution < -0.4 is 4.74 Å². The topological polar surface area (TPSA) is 55.6 Å². The van der Waals surface area contributed by atoms with E-state index in [1.165, 1.54) is 17.0 Å². The van der Waals surface area contributed by atoms with Crippen molar-refractivity contribution in [1.82, 2.24) is 10.1 Å². The molecule has 0 aliphatic heterocycles. The second-order valence-electron chi connectivity index (χ2n) is 4.54. The lowest BCUT2D eigenvalue weighted by Crippen LogP contribution is -2.31. The number of likely N-dealkylation sites (N-methyl/N-ethyl adjacent to an activating group) is 1. The molecule has 0 saturated heterocycles. The minimum atomic E-state index is -0.461. The summed E-state index contributed by atoms with van der Waals surface area (Å²) < 4.78 is 23.1. The van der Waals surface area contributed by atoms with Gasteiger partial charge in [-0.05, 0) is 25.1 Å². The summed E-state index contributed by atoms with van der Waals surface area (Å²) in [4.78, 5) is 13.4. The molecule has 2 rings (SSSR count). The van der Waals surface area contributed by atoms with Gasteiger partial charge in [-0.25, -0.2) is 4.39 Å². The highest BCUT2D eigenvalue weighted by Gasteiger charge is 2.13. The van der Waals surface area contributed by atoms with E-state index in [1.54, 1.807) is 20.0 Å². The number of carbonyl (C=O) groups excluding carboxylic acids is 1. The van der Waals surface area contributed by atoms with Crippen LogP contribution >= 0.6 is 11.6 Å². The lowest BCUT2D eigenvalue weighted by atomic mass is 10.3. The third-order valence-corrected chi connectivity index (χ3v) is 3.04. The van der Waals surface area contributed by atoms with Crippen LogP contribution in [0.4, 0.5) is 4.39 Å². The van der Waals surface area contributed by atoms with E-state index in [9.17, 15) is 9.18 Å². The van der Waals surface area contributed by atoms with Crippen molar-refractivity contribution in [1.29, 1.82) is 0 Å². The Morgan fingerprint density at radius 2 is 2.24 bits per heavy atom. The van der Waals surface area contributed by atoms with Gasteiger partial charge in [0.15, 0.2) is 6.61 Å². The van der Waals surface area contributed by atoms with Gasteiger partial charge >= 0.3 is 0 Å². The van der Waals surface area contributed by atoms with Crippen LogP contribution in [0, 0.1) is 12.7 Å². The molecule has 0 unspecified atom stereocenters. The van der Waals surface area contributed by atoms with Crippen LogP contribution in [0.2, 0.25) is 5.02 Å².